The number of carboxylic acids is 1. The molecule has 19 heavy (non-hydrogen) atoms. The number of fused-ring (bicyclic) bond motifs is 1. The number of hydrogen-bond donors (Lipinski definition) is 1. The monoisotopic (exact) mass is 259 g/mol. The molecule has 1 aromatic carbocycles. The molecular formula is C16H21NO2. The highest BCUT2D eigenvalue weighted by atomic mass is 16.4. The molecule has 0 radical (unpaired) electrons. The van der Waals surface area contributed by atoms with E-state index in [-0.39, 0.29) is 0 Å². The number of carboxylic acid groups (broad SMARTS) is 1. The van der Waals surface area contributed by atoms with Crippen molar-refractivity contribution in [2.75, 3.05) is 0 Å². The molecule has 0 spiro atoms. The SMILES string of the molecule is CCCCn1cc(C(C)C)c2c(C(=O)O)cccc21. The van der Waals surface area contributed by atoms with Crippen molar-refractivity contribution >= 4 is 16.9 Å². The van der Waals surface area contributed by atoms with Crippen molar-refractivity contribution in [3.8, 4) is 0 Å². The molecule has 0 atom stereocenters. The van der Waals surface area contributed by atoms with Gasteiger partial charge in [-0.2, -0.15) is 0 Å². The number of nitrogens with zero attached hydrogens (tertiary/aromatic N) is 1. The van der Waals surface area contributed by atoms with E-state index in [1.54, 1.807) is 6.07 Å². The third-order valence-electron chi connectivity index (χ3n) is 3.54. The van der Waals surface area contributed by atoms with Gasteiger partial charge in [0.15, 0.2) is 0 Å². The highest BCUT2D eigenvalue weighted by Crippen LogP contribution is 2.30. The lowest BCUT2D eigenvalue weighted by Crippen LogP contribution is -1.99. The summed E-state index contributed by atoms with van der Waals surface area (Å²) in [7, 11) is 0. The predicted molar refractivity (Wildman–Crippen MR) is 77.9 cm³/mol. The zero-order valence-electron chi connectivity index (χ0n) is 11.8. The maximum atomic E-state index is 11.4. The largest absolute Gasteiger partial charge is 0.478 e. The Morgan fingerprint density at radius 1 is 1.37 bits per heavy atom. The fraction of sp³-hybridized carbons (Fsp3) is 0.438. The molecule has 3 nitrogen and oxygen atoms in total. The summed E-state index contributed by atoms with van der Waals surface area (Å²) >= 11 is 0. The summed E-state index contributed by atoms with van der Waals surface area (Å²) in [5, 5.41) is 10.3. The van der Waals surface area contributed by atoms with E-state index in [4.69, 9.17) is 0 Å². The molecule has 0 aliphatic heterocycles. The van der Waals surface area contributed by atoms with Crippen LogP contribution < -0.4 is 0 Å². The van der Waals surface area contributed by atoms with E-state index < -0.39 is 5.97 Å². The lowest BCUT2D eigenvalue weighted by molar-refractivity contribution is 0.0699. The molecule has 1 aromatic heterocycles. The van der Waals surface area contributed by atoms with Gasteiger partial charge in [0.1, 0.15) is 0 Å². The standard InChI is InChI=1S/C16H21NO2/c1-4-5-9-17-10-13(11(2)3)15-12(16(18)19)7-6-8-14(15)17/h6-8,10-11H,4-5,9H2,1-3H3,(H,18,19). The Bertz CT molecular complexity index is 596. The van der Waals surface area contributed by atoms with Gasteiger partial charge in [-0.05, 0) is 30.0 Å². The number of hydrogen-bond acceptors (Lipinski definition) is 1. The molecule has 0 fully saturated rings. The van der Waals surface area contributed by atoms with E-state index >= 15 is 0 Å². The van der Waals surface area contributed by atoms with Gasteiger partial charge >= 0.3 is 5.97 Å². The minimum absolute atomic E-state index is 0.325. The smallest absolute Gasteiger partial charge is 0.336 e. The quantitative estimate of drug-likeness (QED) is 0.871. The maximum Gasteiger partial charge on any atom is 0.336 e. The first-order valence-electron chi connectivity index (χ1n) is 6.91. The van der Waals surface area contributed by atoms with E-state index in [9.17, 15) is 9.90 Å². The van der Waals surface area contributed by atoms with Crippen LogP contribution in [0.25, 0.3) is 10.9 Å². The number of aromatic carboxylic acids is 1. The Balaban J connectivity index is 2.67. The first kappa shape index (κ1) is 13.7. The third kappa shape index (κ3) is 2.50. The average Bonchev–Trinajstić information content (AvgIpc) is 2.75. The van der Waals surface area contributed by atoms with Gasteiger partial charge in [0.25, 0.3) is 0 Å². The summed E-state index contributed by atoms with van der Waals surface area (Å²) in [6.07, 6.45) is 4.37. The van der Waals surface area contributed by atoms with Gasteiger partial charge in [0.2, 0.25) is 0 Å². The number of carbonyl (C=O) groups is 1. The Labute approximate surface area is 113 Å². The van der Waals surface area contributed by atoms with Crippen LogP contribution in [0.15, 0.2) is 24.4 Å². The molecule has 2 rings (SSSR count). The molecule has 0 saturated carbocycles. The van der Waals surface area contributed by atoms with Crippen molar-refractivity contribution in [2.45, 2.75) is 46.1 Å². The molecule has 0 aliphatic carbocycles. The number of aromatic nitrogens is 1. The van der Waals surface area contributed by atoms with Crippen LogP contribution >= 0.6 is 0 Å². The predicted octanol–water partition coefficient (Wildman–Crippen LogP) is 4.26. The Kier molecular flexibility index (Phi) is 3.93. The minimum Gasteiger partial charge on any atom is -0.478 e. The minimum atomic E-state index is -0.847. The molecule has 0 aliphatic rings. The zero-order valence-corrected chi connectivity index (χ0v) is 11.8. The maximum absolute atomic E-state index is 11.4. The van der Waals surface area contributed by atoms with Crippen molar-refractivity contribution < 1.29 is 9.90 Å². The molecule has 102 valence electrons. The number of aryl methyl sites for hydroxylation is 1. The van der Waals surface area contributed by atoms with Crippen LogP contribution in [0.5, 0.6) is 0 Å². The molecule has 1 N–H and O–H groups in total. The van der Waals surface area contributed by atoms with Gasteiger partial charge in [0.05, 0.1) is 5.56 Å². The summed E-state index contributed by atoms with van der Waals surface area (Å²) in [5.74, 6) is -0.522. The first-order valence-corrected chi connectivity index (χ1v) is 6.91. The van der Waals surface area contributed by atoms with Crippen LogP contribution in [0.2, 0.25) is 0 Å². The van der Waals surface area contributed by atoms with Crippen LogP contribution in [0.3, 0.4) is 0 Å². The number of benzene rings is 1. The Morgan fingerprint density at radius 3 is 2.68 bits per heavy atom. The van der Waals surface area contributed by atoms with Crippen molar-refractivity contribution in [1.29, 1.82) is 0 Å². The second-order valence-electron chi connectivity index (χ2n) is 5.29. The lowest BCUT2D eigenvalue weighted by atomic mass is 9.99. The molecule has 2 aromatic rings. The molecular weight excluding hydrogens is 238 g/mol. The second kappa shape index (κ2) is 5.47. The van der Waals surface area contributed by atoms with Crippen LogP contribution in [0, 0.1) is 0 Å². The van der Waals surface area contributed by atoms with Gasteiger partial charge in [-0.1, -0.05) is 33.3 Å². The zero-order chi connectivity index (χ0) is 14.0. The van der Waals surface area contributed by atoms with E-state index in [0.717, 1.165) is 35.9 Å². The third-order valence-corrected chi connectivity index (χ3v) is 3.54. The second-order valence-corrected chi connectivity index (χ2v) is 5.29. The number of unbranched alkanes of at least 4 members (excludes halogenated alkanes) is 1. The van der Waals surface area contributed by atoms with Crippen molar-refractivity contribution in [1.82, 2.24) is 4.57 Å². The van der Waals surface area contributed by atoms with Crippen molar-refractivity contribution in [3.63, 3.8) is 0 Å². The molecule has 0 amide bonds. The Morgan fingerprint density at radius 2 is 2.11 bits per heavy atom. The fourth-order valence-electron chi connectivity index (χ4n) is 2.51. The summed E-state index contributed by atoms with van der Waals surface area (Å²) in [5.41, 5.74) is 2.58. The topological polar surface area (TPSA) is 42.2 Å². The van der Waals surface area contributed by atoms with Gasteiger partial charge in [0, 0.05) is 23.6 Å². The van der Waals surface area contributed by atoms with Gasteiger partial charge < -0.3 is 9.67 Å². The molecule has 0 saturated heterocycles. The van der Waals surface area contributed by atoms with Crippen LogP contribution in [-0.4, -0.2) is 15.6 Å². The van der Waals surface area contributed by atoms with Crippen LogP contribution in [0.1, 0.15) is 55.5 Å². The highest BCUT2D eigenvalue weighted by molar-refractivity contribution is 6.04. The molecule has 3 heteroatoms. The fourth-order valence-corrected chi connectivity index (χ4v) is 2.51. The summed E-state index contributed by atoms with van der Waals surface area (Å²) < 4.78 is 2.20. The van der Waals surface area contributed by atoms with Crippen molar-refractivity contribution in [3.05, 3.63) is 35.5 Å². The van der Waals surface area contributed by atoms with E-state index in [1.165, 1.54) is 0 Å². The van der Waals surface area contributed by atoms with E-state index in [2.05, 4.69) is 31.5 Å². The van der Waals surface area contributed by atoms with Crippen LogP contribution in [0.4, 0.5) is 0 Å². The van der Waals surface area contributed by atoms with Crippen molar-refractivity contribution in [2.24, 2.45) is 0 Å². The average molecular weight is 259 g/mol. The molecule has 1 heterocycles. The normalized spacial score (nSPS) is 11.4. The van der Waals surface area contributed by atoms with Gasteiger partial charge in [-0.3, -0.25) is 0 Å². The Hall–Kier alpha value is -1.77. The lowest BCUT2D eigenvalue weighted by Gasteiger charge is -2.05. The molecule has 0 unspecified atom stereocenters. The number of rotatable bonds is 5. The summed E-state index contributed by atoms with van der Waals surface area (Å²) in [6, 6.07) is 5.54. The first-order chi connectivity index (χ1) is 9.06. The van der Waals surface area contributed by atoms with Crippen LogP contribution in [-0.2, 0) is 6.54 Å². The summed E-state index contributed by atoms with van der Waals surface area (Å²) in [4.78, 5) is 11.4. The summed E-state index contributed by atoms with van der Waals surface area (Å²) in [6.45, 7) is 7.33. The van der Waals surface area contributed by atoms with Gasteiger partial charge in [-0.25, -0.2) is 4.79 Å². The van der Waals surface area contributed by atoms with E-state index in [1.807, 2.05) is 12.1 Å². The van der Waals surface area contributed by atoms with Gasteiger partial charge in [-0.15, -0.1) is 0 Å². The highest BCUT2D eigenvalue weighted by Gasteiger charge is 2.17. The van der Waals surface area contributed by atoms with E-state index in [0.29, 0.717) is 11.5 Å². The molecule has 0 bridgehead atoms.